The number of guanidine groups is 1. The summed E-state index contributed by atoms with van der Waals surface area (Å²) in [6, 6.07) is 4.31. The fourth-order valence-corrected chi connectivity index (χ4v) is 3.09. The Kier molecular flexibility index (Phi) is 10.6. The first-order chi connectivity index (χ1) is 12.1. The van der Waals surface area contributed by atoms with Crippen molar-refractivity contribution in [1.29, 1.82) is 0 Å². The van der Waals surface area contributed by atoms with Gasteiger partial charge in [0.15, 0.2) is 5.96 Å². The fraction of sp³-hybridized carbons (Fsp3) is 0.600. The van der Waals surface area contributed by atoms with Gasteiger partial charge in [-0.05, 0) is 43.2 Å². The number of nitrogens with one attached hydrogen (secondary N) is 1. The van der Waals surface area contributed by atoms with Crippen LogP contribution >= 0.6 is 24.0 Å². The molecule has 0 aromatic carbocycles. The van der Waals surface area contributed by atoms with Crippen molar-refractivity contribution in [2.75, 3.05) is 38.6 Å². The van der Waals surface area contributed by atoms with Gasteiger partial charge in [-0.2, -0.15) is 0 Å². The van der Waals surface area contributed by atoms with Gasteiger partial charge < -0.3 is 15.1 Å². The van der Waals surface area contributed by atoms with E-state index in [1.54, 1.807) is 0 Å². The molecule has 1 N–H and O–H groups in total. The Labute approximate surface area is 176 Å². The molecule has 0 saturated carbocycles. The number of allylic oxidation sites excluding steroid dienone is 1. The number of aromatic nitrogens is 1. The van der Waals surface area contributed by atoms with Gasteiger partial charge in [-0.1, -0.05) is 19.1 Å². The number of aliphatic imine (C=N–C) groups is 1. The summed E-state index contributed by atoms with van der Waals surface area (Å²) in [6.45, 7) is 10.0. The second-order valence-corrected chi connectivity index (χ2v) is 6.95. The predicted octanol–water partition coefficient (Wildman–Crippen LogP) is 3.91. The number of hydrogen-bond donors (Lipinski definition) is 1. The van der Waals surface area contributed by atoms with E-state index in [-0.39, 0.29) is 24.0 Å². The predicted molar refractivity (Wildman–Crippen MR) is 123 cm³/mol. The van der Waals surface area contributed by atoms with Crippen molar-refractivity contribution >= 4 is 35.8 Å². The second-order valence-electron chi connectivity index (χ2n) is 6.95. The minimum Gasteiger partial charge on any atom is -0.357 e. The zero-order valence-corrected chi connectivity index (χ0v) is 18.8. The molecule has 2 rings (SSSR count). The maximum atomic E-state index is 4.66. The summed E-state index contributed by atoms with van der Waals surface area (Å²) in [5.41, 5.74) is 1.18. The third-order valence-corrected chi connectivity index (χ3v) is 4.84. The van der Waals surface area contributed by atoms with E-state index in [0.717, 1.165) is 56.7 Å². The van der Waals surface area contributed by atoms with Crippen LogP contribution in [0.4, 0.5) is 5.82 Å². The number of nitrogens with zero attached hydrogens (tertiary/aromatic N) is 4. The van der Waals surface area contributed by atoms with Crippen LogP contribution in [0.25, 0.3) is 0 Å². The van der Waals surface area contributed by atoms with Gasteiger partial charge in [-0.25, -0.2) is 4.98 Å². The van der Waals surface area contributed by atoms with Gasteiger partial charge in [0.05, 0.1) is 0 Å². The van der Waals surface area contributed by atoms with Gasteiger partial charge in [0, 0.05) is 46.5 Å². The van der Waals surface area contributed by atoms with E-state index in [2.05, 4.69) is 57.8 Å². The van der Waals surface area contributed by atoms with Crippen molar-refractivity contribution in [3.05, 3.63) is 36.5 Å². The molecule has 26 heavy (non-hydrogen) atoms. The van der Waals surface area contributed by atoms with E-state index in [1.165, 1.54) is 18.4 Å². The van der Waals surface area contributed by atoms with Crippen LogP contribution in [0, 0.1) is 5.92 Å². The highest BCUT2D eigenvalue weighted by molar-refractivity contribution is 14.0. The molecule has 1 saturated heterocycles. The van der Waals surface area contributed by atoms with Gasteiger partial charge in [-0.15, -0.1) is 30.6 Å². The van der Waals surface area contributed by atoms with Crippen LogP contribution in [-0.4, -0.2) is 49.6 Å². The van der Waals surface area contributed by atoms with Gasteiger partial charge in [0.1, 0.15) is 5.82 Å². The molecule has 0 aliphatic carbocycles. The normalized spacial score (nSPS) is 15.3. The number of unbranched alkanes of at least 4 members (excludes halogenated alkanes) is 1. The molecule has 0 atom stereocenters. The van der Waals surface area contributed by atoms with E-state index in [4.69, 9.17) is 0 Å². The molecule has 0 amide bonds. The molecule has 6 heteroatoms. The summed E-state index contributed by atoms with van der Waals surface area (Å²) in [5.74, 6) is 2.86. The molecule has 0 unspecified atom stereocenters. The maximum absolute atomic E-state index is 4.66. The van der Waals surface area contributed by atoms with E-state index in [9.17, 15) is 0 Å². The van der Waals surface area contributed by atoms with Crippen LogP contribution < -0.4 is 10.2 Å². The summed E-state index contributed by atoms with van der Waals surface area (Å²) in [5, 5.41) is 3.41. The van der Waals surface area contributed by atoms with E-state index in [0.29, 0.717) is 0 Å². The molecule has 1 aromatic rings. The van der Waals surface area contributed by atoms with Crippen LogP contribution in [0.1, 0.15) is 38.2 Å². The topological polar surface area (TPSA) is 43.8 Å². The summed E-state index contributed by atoms with van der Waals surface area (Å²) in [4.78, 5) is 13.6. The number of pyridine rings is 1. The molecule has 1 aliphatic rings. The minimum atomic E-state index is 0. The summed E-state index contributed by atoms with van der Waals surface area (Å²) < 4.78 is 0. The fourth-order valence-electron chi connectivity index (χ4n) is 3.09. The molecular formula is C20H34IN5. The van der Waals surface area contributed by atoms with Gasteiger partial charge in [0.2, 0.25) is 0 Å². The van der Waals surface area contributed by atoms with Gasteiger partial charge >= 0.3 is 0 Å². The standard InChI is InChI=1S/C20H33N5.HI/c1-5-6-7-12-24(4)20(21-3)23-16-18-8-9-19(22-15-18)25-13-10-17(2)11-14-25;/h5,8-9,15,17H,1,6-7,10-14,16H2,2-4H3,(H,21,23);1H. The third-order valence-electron chi connectivity index (χ3n) is 4.84. The Morgan fingerprint density at radius 1 is 1.42 bits per heavy atom. The lowest BCUT2D eigenvalue weighted by Crippen LogP contribution is -2.39. The zero-order valence-electron chi connectivity index (χ0n) is 16.4. The van der Waals surface area contributed by atoms with Crippen molar-refractivity contribution in [3.63, 3.8) is 0 Å². The quantitative estimate of drug-likeness (QED) is 0.215. The van der Waals surface area contributed by atoms with Crippen LogP contribution in [-0.2, 0) is 6.54 Å². The highest BCUT2D eigenvalue weighted by atomic mass is 127. The Hall–Kier alpha value is -1.31. The average molecular weight is 471 g/mol. The summed E-state index contributed by atoms with van der Waals surface area (Å²) in [6.07, 6.45) is 8.58. The highest BCUT2D eigenvalue weighted by Crippen LogP contribution is 2.21. The minimum absolute atomic E-state index is 0. The zero-order chi connectivity index (χ0) is 18.1. The van der Waals surface area contributed by atoms with Crippen LogP contribution in [0.3, 0.4) is 0 Å². The van der Waals surface area contributed by atoms with Gasteiger partial charge in [-0.3, -0.25) is 4.99 Å². The molecule has 1 fully saturated rings. The molecule has 0 radical (unpaired) electrons. The number of piperidine rings is 1. The number of halogens is 1. The Morgan fingerprint density at radius 3 is 2.73 bits per heavy atom. The lowest BCUT2D eigenvalue weighted by molar-refractivity contribution is 0.436. The molecular weight excluding hydrogens is 437 g/mol. The summed E-state index contributed by atoms with van der Waals surface area (Å²) >= 11 is 0. The number of anilines is 1. The van der Waals surface area contributed by atoms with E-state index >= 15 is 0 Å². The van der Waals surface area contributed by atoms with Crippen molar-refractivity contribution in [1.82, 2.24) is 15.2 Å². The first-order valence-electron chi connectivity index (χ1n) is 9.36. The van der Waals surface area contributed by atoms with E-state index < -0.39 is 0 Å². The monoisotopic (exact) mass is 471 g/mol. The number of rotatable bonds is 7. The molecule has 0 bridgehead atoms. The van der Waals surface area contributed by atoms with Crippen molar-refractivity contribution < 1.29 is 0 Å². The van der Waals surface area contributed by atoms with Crippen LogP contribution in [0.5, 0.6) is 0 Å². The Bertz CT molecular complexity index is 550. The van der Waals surface area contributed by atoms with Crippen LogP contribution in [0.2, 0.25) is 0 Å². The Balaban J connectivity index is 0.00000338. The van der Waals surface area contributed by atoms with Gasteiger partial charge in [0.25, 0.3) is 0 Å². The second kappa shape index (κ2) is 12.1. The molecule has 0 spiro atoms. The molecule has 2 heterocycles. The van der Waals surface area contributed by atoms with E-state index in [1.807, 2.05) is 19.3 Å². The lowest BCUT2D eigenvalue weighted by Gasteiger charge is -2.31. The third kappa shape index (κ3) is 7.13. The molecule has 1 aromatic heterocycles. The largest absolute Gasteiger partial charge is 0.357 e. The van der Waals surface area contributed by atoms with Crippen molar-refractivity contribution in [3.8, 4) is 0 Å². The average Bonchev–Trinajstić information content (AvgIpc) is 2.64. The SMILES string of the molecule is C=CCCCN(C)C(=NC)NCc1ccc(N2CCC(C)CC2)nc1.I. The lowest BCUT2D eigenvalue weighted by atomic mass is 9.99. The first-order valence-corrected chi connectivity index (χ1v) is 9.36. The maximum Gasteiger partial charge on any atom is 0.193 e. The van der Waals surface area contributed by atoms with Crippen molar-refractivity contribution in [2.45, 2.75) is 39.2 Å². The first kappa shape index (κ1) is 22.7. The highest BCUT2D eigenvalue weighted by Gasteiger charge is 2.16. The smallest absolute Gasteiger partial charge is 0.193 e. The van der Waals surface area contributed by atoms with Crippen molar-refractivity contribution in [2.24, 2.45) is 10.9 Å². The van der Waals surface area contributed by atoms with Crippen LogP contribution in [0.15, 0.2) is 36.0 Å². The molecule has 1 aliphatic heterocycles. The summed E-state index contributed by atoms with van der Waals surface area (Å²) in [7, 11) is 3.89. The molecule has 5 nitrogen and oxygen atoms in total. The molecule has 146 valence electrons. The Morgan fingerprint density at radius 2 is 2.15 bits per heavy atom. The number of hydrogen-bond acceptors (Lipinski definition) is 3.